The summed E-state index contributed by atoms with van der Waals surface area (Å²) in [6.45, 7) is 3.77. The molecule has 0 unspecified atom stereocenters. The van der Waals surface area contributed by atoms with Gasteiger partial charge in [0, 0.05) is 27.7 Å². The largest absolute Gasteiger partial charge is 0.511 e. The number of esters is 4. The molecule has 0 radical (unpaired) electrons. The van der Waals surface area contributed by atoms with E-state index in [2.05, 4.69) is 5.32 Å². The van der Waals surface area contributed by atoms with E-state index in [-0.39, 0.29) is 6.61 Å². The minimum atomic E-state index is -2.44. The summed E-state index contributed by atoms with van der Waals surface area (Å²) < 4.78 is 37.4. The van der Waals surface area contributed by atoms with Gasteiger partial charge >= 0.3 is 35.8 Å². The fourth-order valence-corrected chi connectivity index (χ4v) is 4.25. The van der Waals surface area contributed by atoms with Gasteiger partial charge in [-0.3, -0.25) is 19.2 Å². The van der Waals surface area contributed by atoms with Crippen LogP contribution < -0.4 is 5.32 Å². The lowest BCUT2D eigenvalue weighted by molar-refractivity contribution is -0.332. The minimum Gasteiger partial charge on any atom is -0.462 e. The Labute approximate surface area is 223 Å². The van der Waals surface area contributed by atoms with Crippen molar-refractivity contribution in [2.45, 2.75) is 77.0 Å². The van der Waals surface area contributed by atoms with E-state index < -0.39 is 85.2 Å². The lowest BCUT2D eigenvalue weighted by atomic mass is 9.86. The summed E-state index contributed by atoms with van der Waals surface area (Å²) in [5.41, 5.74) is 0.638. The topological polar surface area (TPSA) is 179 Å². The lowest BCUT2D eigenvalue weighted by Gasteiger charge is -2.51. The molecule has 6 atom stereocenters. The number of ether oxygens (including phenoxy) is 7. The van der Waals surface area contributed by atoms with E-state index in [0.717, 1.165) is 20.8 Å². The number of rotatable bonds is 9. The Morgan fingerprint density at radius 3 is 2.28 bits per heavy atom. The van der Waals surface area contributed by atoms with Gasteiger partial charge in [-0.1, -0.05) is 30.3 Å². The van der Waals surface area contributed by atoms with Gasteiger partial charge in [-0.2, -0.15) is 0 Å². The molecule has 0 aromatic heterocycles. The zero-order chi connectivity index (χ0) is 28.7. The molecule has 2 aliphatic heterocycles. The van der Waals surface area contributed by atoms with Crippen molar-refractivity contribution in [3.05, 3.63) is 35.9 Å². The number of carbonyl (C=O) groups is 6. The molecule has 14 heteroatoms. The Morgan fingerprint density at radius 1 is 1.00 bits per heavy atom. The number of fused-ring (bicyclic) bond motifs is 2. The van der Waals surface area contributed by atoms with E-state index in [1.165, 1.54) is 6.92 Å². The van der Waals surface area contributed by atoms with E-state index in [1.54, 1.807) is 30.3 Å². The molecule has 2 fully saturated rings. The highest BCUT2D eigenvalue weighted by Crippen LogP contribution is 2.41. The molecule has 0 spiro atoms. The van der Waals surface area contributed by atoms with Crippen molar-refractivity contribution < 1.29 is 61.9 Å². The quantitative estimate of drug-likeness (QED) is 0.335. The minimum absolute atomic E-state index is 0.185. The van der Waals surface area contributed by atoms with Crippen molar-refractivity contribution in [2.75, 3.05) is 6.61 Å². The third kappa shape index (κ3) is 7.66. The molecule has 14 nitrogen and oxygen atoms in total. The molecule has 39 heavy (non-hydrogen) atoms. The first-order valence-corrected chi connectivity index (χ1v) is 11.9. The predicted molar refractivity (Wildman–Crippen MR) is 125 cm³/mol. The molecule has 1 amide bonds. The Morgan fingerprint density at radius 2 is 1.69 bits per heavy atom. The fraction of sp³-hybridized carbons (Fsp3) is 0.520. The number of nitrogens with one attached hydrogen (secondary N) is 1. The van der Waals surface area contributed by atoms with Crippen molar-refractivity contribution >= 4 is 35.9 Å². The van der Waals surface area contributed by atoms with Crippen LogP contribution in [0.4, 0.5) is 4.79 Å². The molecule has 2 saturated heterocycles. The summed E-state index contributed by atoms with van der Waals surface area (Å²) >= 11 is 0. The normalized spacial score (nSPS) is 26.2. The molecule has 1 aromatic rings. The average molecular weight is 552 g/mol. The zero-order valence-electron chi connectivity index (χ0n) is 21.7. The third-order valence-electron chi connectivity index (χ3n) is 5.70. The molecule has 2 aliphatic rings. The summed E-state index contributed by atoms with van der Waals surface area (Å²) in [4.78, 5) is 73.1. The van der Waals surface area contributed by atoms with Crippen LogP contribution in [0.25, 0.3) is 0 Å². The maximum absolute atomic E-state index is 13.3. The average Bonchev–Trinajstić information content (AvgIpc) is 2.84. The first-order chi connectivity index (χ1) is 18.4. The van der Waals surface area contributed by atoms with Crippen LogP contribution >= 0.6 is 0 Å². The number of hydrogen-bond acceptors (Lipinski definition) is 13. The second kappa shape index (κ2) is 12.6. The zero-order valence-corrected chi connectivity index (χ0v) is 21.7. The first-order valence-electron chi connectivity index (χ1n) is 11.9. The van der Waals surface area contributed by atoms with Crippen LogP contribution in [0.1, 0.15) is 39.7 Å². The van der Waals surface area contributed by atoms with E-state index in [4.69, 9.17) is 33.2 Å². The number of cyclic esters (lactones) is 1. The SMILES string of the molecule is CC(=O)N[C@H]1[C@H]2O[C@@](OC(=O)OCc3ccccc3)(C[C@@H]1OC(C)=O)C(=O)O[C@@H]2[C@@H](COC(C)=O)OC(C)=O. The van der Waals surface area contributed by atoms with Gasteiger partial charge in [0.25, 0.3) is 0 Å². The molecule has 0 aliphatic carbocycles. The first kappa shape index (κ1) is 29.4. The number of carbonyl (C=O) groups excluding carboxylic acids is 6. The highest BCUT2D eigenvalue weighted by Gasteiger charge is 2.65. The van der Waals surface area contributed by atoms with Gasteiger partial charge < -0.3 is 38.5 Å². The number of benzene rings is 1. The maximum atomic E-state index is 13.3. The smallest absolute Gasteiger partial charge is 0.462 e. The Hall–Kier alpha value is -4.20. The summed E-state index contributed by atoms with van der Waals surface area (Å²) in [5, 5.41) is 2.58. The summed E-state index contributed by atoms with van der Waals surface area (Å²) in [6.07, 6.45) is -7.37. The Bertz CT molecular complexity index is 1110. The van der Waals surface area contributed by atoms with E-state index >= 15 is 0 Å². The predicted octanol–water partition coefficient (Wildman–Crippen LogP) is 0.682. The van der Waals surface area contributed by atoms with Gasteiger partial charge in [-0.25, -0.2) is 9.59 Å². The van der Waals surface area contributed by atoms with Crippen molar-refractivity contribution in [1.82, 2.24) is 5.32 Å². The van der Waals surface area contributed by atoms with Crippen LogP contribution in [0.15, 0.2) is 30.3 Å². The molecular weight excluding hydrogens is 522 g/mol. The van der Waals surface area contributed by atoms with E-state index in [0.29, 0.717) is 5.56 Å². The number of amides is 1. The molecule has 212 valence electrons. The van der Waals surface area contributed by atoms with Crippen molar-refractivity contribution in [3.63, 3.8) is 0 Å². The standard InChI is InChI=1S/C25H29NO13/c1-13(27)26-20-18(35-15(3)29)10-25(39-24(32)34-11-17-8-6-5-7-9-17)23(31)37-21(22(20)38-25)19(36-16(4)30)12-33-14(2)28/h5-9,18-22H,10-12H2,1-4H3,(H,26,27)/t18-,19+,20+,21+,22+,25+/m0/s1. The second-order valence-corrected chi connectivity index (χ2v) is 8.86. The van der Waals surface area contributed by atoms with Crippen LogP contribution in [0, 0.1) is 0 Å². The van der Waals surface area contributed by atoms with Crippen molar-refractivity contribution in [2.24, 2.45) is 0 Å². The highest BCUT2D eigenvalue weighted by molar-refractivity contribution is 5.82. The Kier molecular flexibility index (Phi) is 9.46. The molecular formula is C25H29NO13. The van der Waals surface area contributed by atoms with Crippen LogP contribution in [-0.4, -0.2) is 78.8 Å². The number of hydrogen-bond donors (Lipinski definition) is 1. The van der Waals surface area contributed by atoms with Crippen LogP contribution in [0.5, 0.6) is 0 Å². The van der Waals surface area contributed by atoms with Crippen LogP contribution in [0.3, 0.4) is 0 Å². The van der Waals surface area contributed by atoms with Crippen molar-refractivity contribution in [3.8, 4) is 0 Å². The van der Waals surface area contributed by atoms with Gasteiger partial charge in [0.05, 0.1) is 12.5 Å². The summed E-state index contributed by atoms with van der Waals surface area (Å²) in [5.74, 6) is -6.50. The van der Waals surface area contributed by atoms with Gasteiger partial charge in [-0.15, -0.1) is 0 Å². The van der Waals surface area contributed by atoms with Gasteiger partial charge in [0.1, 0.15) is 25.4 Å². The van der Waals surface area contributed by atoms with Crippen LogP contribution in [-0.2, 0) is 63.7 Å². The van der Waals surface area contributed by atoms with E-state index in [1.807, 2.05) is 0 Å². The fourth-order valence-electron chi connectivity index (χ4n) is 4.25. The van der Waals surface area contributed by atoms with Crippen molar-refractivity contribution in [1.29, 1.82) is 0 Å². The maximum Gasteiger partial charge on any atom is 0.511 e. The monoisotopic (exact) mass is 551 g/mol. The summed E-state index contributed by atoms with van der Waals surface area (Å²) in [6, 6.07) is 7.48. The third-order valence-corrected chi connectivity index (χ3v) is 5.70. The van der Waals surface area contributed by atoms with Gasteiger partial charge in [-0.05, 0) is 5.56 Å². The second-order valence-electron chi connectivity index (χ2n) is 8.86. The molecule has 2 heterocycles. The van der Waals surface area contributed by atoms with Crippen LogP contribution in [0.2, 0.25) is 0 Å². The van der Waals surface area contributed by atoms with E-state index in [9.17, 15) is 28.8 Å². The molecule has 1 aromatic carbocycles. The lowest BCUT2D eigenvalue weighted by Crippen LogP contribution is -2.73. The molecule has 3 rings (SSSR count). The van der Waals surface area contributed by atoms with Gasteiger partial charge in [0.2, 0.25) is 5.91 Å². The molecule has 0 saturated carbocycles. The molecule has 2 bridgehead atoms. The highest BCUT2D eigenvalue weighted by atomic mass is 16.8. The summed E-state index contributed by atoms with van der Waals surface area (Å²) in [7, 11) is 0. The van der Waals surface area contributed by atoms with Gasteiger partial charge in [0.15, 0.2) is 12.2 Å². The molecule has 1 N–H and O–H groups in total. The Balaban J connectivity index is 1.94.